The Kier molecular flexibility index (Phi) is 2.93. The molecular weight excluding hydrogens is 316 g/mol. The van der Waals surface area contributed by atoms with E-state index in [4.69, 9.17) is 4.74 Å². The van der Waals surface area contributed by atoms with E-state index < -0.39 is 0 Å². The number of nitrogens with zero attached hydrogens (tertiary/aromatic N) is 2. The fourth-order valence-electron chi connectivity index (χ4n) is 4.17. The maximum absolute atomic E-state index is 12.7. The molecule has 2 aromatic rings. The first-order chi connectivity index (χ1) is 10.8. The predicted octanol–water partition coefficient (Wildman–Crippen LogP) is 3.12. The highest BCUT2D eigenvalue weighted by Crippen LogP contribution is 2.47. The number of carbonyl (C=O) groups excluding carboxylic acids is 1. The summed E-state index contributed by atoms with van der Waals surface area (Å²) in [5.41, 5.74) is 0.599. The van der Waals surface area contributed by atoms with E-state index >= 15 is 0 Å². The molecule has 6 heteroatoms. The van der Waals surface area contributed by atoms with Crippen LogP contribution in [0.2, 0.25) is 0 Å². The van der Waals surface area contributed by atoms with Gasteiger partial charge in [0.2, 0.25) is 0 Å². The van der Waals surface area contributed by atoms with Crippen LogP contribution < -0.4 is 0 Å². The Hall–Kier alpha value is -1.24. The van der Waals surface area contributed by atoms with E-state index in [1.54, 1.807) is 22.7 Å². The van der Waals surface area contributed by atoms with Crippen molar-refractivity contribution in [3.05, 3.63) is 28.6 Å². The van der Waals surface area contributed by atoms with Crippen LogP contribution in [-0.4, -0.2) is 41.1 Å². The zero-order valence-corrected chi connectivity index (χ0v) is 13.6. The number of hydrogen-bond donors (Lipinski definition) is 0. The molecule has 3 aliphatic rings. The average molecular weight is 332 g/mol. The van der Waals surface area contributed by atoms with E-state index in [-0.39, 0.29) is 5.91 Å². The van der Waals surface area contributed by atoms with Gasteiger partial charge in [-0.25, -0.2) is 4.98 Å². The van der Waals surface area contributed by atoms with E-state index in [1.165, 1.54) is 12.8 Å². The lowest BCUT2D eigenvalue weighted by molar-refractivity contribution is 0.0591. The number of aromatic nitrogens is 1. The van der Waals surface area contributed by atoms with Gasteiger partial charge in [0, 0.05) is 30.3 Å². The first-order valence-electron chi connectivity index (χ1n) is 7.74. The third-order valence-electron chi connectivity index (χ3n) is 5.20. The van der Waals surface area contributed by atoms with Crippen molar-refractivity contribution in [3.8, 4) is 9.88 Å². The summed E-state index contributed by atoms with van der Waals surface area (Å²) < 4.78 is 5.98. The SMILES string of the molecule is O=C(c1csc(-c2cccs2)n1)N1C[C@@H]2[C@H](C1)[C@H]1CC[C@@H]2O1. The minimum Gasteiger partial charge on any atom is -0.374 e. The van der Waals surface area contributed by atoms with Gasteiger partial charge in [-0.1, -0.05) is 6.07 Å². The highest BCUT2D eigenvalue weighted by atomic mass is 32.1. The zero-order valence-electron chi connectivity index (χ0n) is 12.0. The summed E-state index contributed by atoms with van der Waals surface area (Å²) in [6.07, 6.45) is 3.13. The van der Waals surface area contributed by atoms with Crippen molar-refractivity contribution >= 4 is 28.6 Å². The van der Waals surface area contributed by atoms with Gasteiger partial charge in [-0.2, -0.15) is 0 Å². The summed E-state index contributed by atoms with van der Waals surface area (Å²) in [7, 11) is 0. The molecule has 0 spiro atoms. The largest absolute Gasteiger partial charge is 0.374 e. The van der Waals surface area contributed by atoms with Crippen molar-refractivity contribution in [2.75, 3.05) is 13.1 Å². The monoisotopic (exact) mass is 332 g/mol. The molecule has 4 nitrogen and oxygen atoms in total. The van der Waals surface area contributed by atoms with Crippen LogP contribution in [0.25, 0.3) is 9.88 Å². The molecule has 0 unspecified atom stereocenters. The van der Waals surface area contributed by atoms with Crippen molar-refractivity contribution in [3.63, 3.8) is 0 Å². The number of amides is 1. The van der Waals surface area contributed by atoms with E-state index in [0.717, 1.165) is 23.0 Å². The minimum atomic E-state index is 0.0906. The highest BCUT2D eigenvalue weighted by molar-refractivity contribution is 7.20. The van der Waals surface area contributed by atoms with Crippen LogP contribution in [0.3, 0.4) is 0 Å². The van der Waals surface area contributed by atoms with Crippen LogP contribution in [0.4, 0.5) is 0 Å². The summed E-state index contributed by atoms with van der Waals surface area (Å²) in [6.45, 7) is 1.69. The van der Waals surface area contributed by atoms with Crippen LogP contribution in [0, 0.1) is 11.8 Å². The van der Waals surface area contributed by atoms with E-state index in [9.17, 15) is 4.79 Å². The molecule has 3 aliphatic heterocycles. The number of thiazole rings is 1. The first-order valence-corrected chi connectivity index (χ1v) is 9.49. The molecule has 3 saturated heterocycles. The van der Waals surface area contributed by atoms with Gasteiger partial charge in [-0.15, -0.1) is 22.7 Å². The Morgan fingerprint density at radius 1 is 1.23 bits per heavy atom. The predicted molar refractivity (Wildman–Crippen MR) is 86.2 cm³/mol. The second kappa shape index (κ2) is 4.88. The van der Waals surface area contributed by atoms with Gasteiger partial charge in [0.15, 0.2) is 0 Å². The van der Waals surface area contributed by atoms with Gasteiger partial charge in [-0.05, 0) is 24.3 Å². The molecule has 2 bridgehead atoms. The Morgan fingerprint density at radius 2 is 2.00 bits per heavy atom. The van der Waals surface area contributed by atoms with Crippen molar-refractivity contribution in [1.29, 1.82) is 0 Å². The molecule has 0 aromatic carbocycles. The van der Waals surface area contributed by atoms with Crippen LogP contribution >= 0.6 is 22.7 Å². The van der Waals surface area contributed by atoms with Gasteiger partial charge in [0.1, 0.15) is 10.7 Å². The standard InChI is InChI=1S/C16H16N2O2S2/c19-16(11-8-22-15(17-11)14-2-1-5-21-14)18-6-9-10(7-18)13-4-3-12(9)20-13/h1-2,5,8-10,12-13H,3-4,6-7H2/t9-,10+,12+,13-. The van der Waals surface area contributed by atoms with Gasteiger partial charge in [-0.3, -0.25) is 4.79 Å². The van der Waals surface area contributed by atoms with Crippen LogP contribution in [0.1, 0.15) is 23.3 Å². The molecular formula is C16H16N2O2S2. The Morgan fingerprint density at radius 3 is 2.68 bits per heavy atom. The van der Waals surface area contributed by atoms with E-state index in [0.29, 0.717) is 29.7 Å². The van der Waals surface area contributed by atoms with E-state index in [2.05, 4.69) is 4.98 Å². The minimum absolute atomic E-state index is 0.0906. The summed E-state index contributed by atoms with van der Waals surface area (Å²) in [5, 5.41) is 4.88. The van der Waals surface area contributed by atoms with Crippen LogP contribution in [0.15, 0.2) is 22.9 Å². The highest BCUT2D eigenvalue weighted by Gasteiger charge is 2.53. The molecule has 0 radical (unpaired) electrons. The Labute approximate surface area is 136 Å². The van der Waals surface area contributed by atoms with Crippen LogP contribution in [0.5, 0.6) is 0 Å². The fourth-order valence-corrected chi connectivity index (χ4v) is 5.78. The van der Waals surface area contributed by atoms with Gasteiger partial charge >= 0.3 is 0 Å². The van der Waals surface area contributed by atoms with Gasteiger partial charge in [0.25, 0.3) is 5.91 Å². The molecule has 0 aliphatic carbocycles. The third kappa shape index (κ3) is 1.90. The van der Waals surface area contributed by atoms with E-state index in [1.807, 2.05) is 27.8 Å². The van der Waals surface area contributed by atoms with Crippen LogP contribution in [-0.2, 0) is 4.74 Å². The second-order valence-electron chi connectivity index (χ2n) is 6.34. The molecule has 0 N–H and O–H groups in total. The number of rotatable bonds is 2. The second-order valence-corrected chi connectivity index (χ2v) is 8.15. The average Bonchev–Trinajstić information content (AvgIpc) is 3.35. The number of fused-ring (bicyclic) bond motifs is 5. The maximum atomic E-state index is 12.7. The number of ether oxygens (including phenoxy) is 1. The van der Waals surface area contributed by atoms with Crippen molar-refractivity contribution in [2.45, 2.75) is 25.0 Å². The smallest absolute Gasteiger partial charge is 0.273 e. The summed E-state index contributed by atoms with van der Waals surface area (Å²) in [6, 6.07) is 4.06. The lowest BCUT2D eigenvalue weighted by Gasteiger charge is -2.17. The molecule has 3 fully saturated rings. The number of likely N-dealkylation sites (tertiary alicyclic amines) is 1. The fraction of sp³-hybridized carbons (Fsp3) is 0.500. The molecule has 1 amide bonds. The third-order valence-corrected chi connectivity index (χ3v) is 7.08. The molecule has 2 aromatic heterocycles. The quantitative estimate of drug-likeness (QED) is 0.848. The van der Waals surface area contributed by atoms with Gasteiger partial charge < -0.3 is 9.64 Å². The normalized spacial score (nSPS) is 32.6. The molecule has 0 saturated carbocycles. The summed E-state index contributed by atoms with van der Waals surface area (Å²) in [5.74, 6) is 1.20. The summed E-state index contributed by atoms with van der Waals surface area (Å²) >= 11 is 3.22. The van der Waals surface area contributed by atoms with Crippen molar-refractivity contribution in [1.82, 2.24) is 9.88 Å². The Bertz CT molecular complexity index is 694. The molecule has 22 heavy (non-hydrogen) atoms. The lowest BCUT2D eigenvalue weighted by Crippen LogP contribution is -2.31. The van der Waals surface area contributed by atoms with Crippen molar-refractivity contribution in [2.24, 2.45) is 11.8 Å². The molecule has 114 valence electrons. The molecule has 5 rings (SSSR count). The number of carbonyl (C=O) groups is 1. The van der Waals surface area contributed by atoms with Gasteiger partial charge in [0.05, 0.1) is 17.1 Å². The molecule has 5 heterocycles. The zero-order chi connectivity index (χ0) is 14.7. The number of thiophene rings is 1. The number of hydrogen-bond acceptors (Lipinski definition) is 5. The topological polar surface area (TPSA) is 42.4 Å². The molecule has 4 atom stereocenters. The Balaban J connectivity index is 1.35. The lowest BCUT2D eigenvalue weighted by atomic mass is 9.82. The van der Waals surface area contributed by atoms with Crippen molar-refractivity contribution < 1.29 is 9.53 Å². The summed E-state index contributed by atoms with van der Waals surface area (Å²) in [4.78, 5) is 20.4. The first kappa shape index (κ1) is 13.2. The maximum Gasteiger partial charge on any atom is 0.273 e.